The first-order chi connectivity index (χ1) is 17.1. The van der Waals surface area contributed by atoms with Crippen molar-refractivity contribution in [3.63, 3.8) is 0 Å². The van der Waals surface area contributed by atoms with Gasteiger partial charge in [0.05, 0.1) is 19.6 Å². The molecular weight excluding hydrogens is 470 g/mol. The van der Waals surface area contributed by atoms with Crippen LogP contribution in [0.1, 0.15) is 66.5 Å². The number of carbonyl (C=O) groups excluding carboxylic acids is 1. The third kappa shape index (κ3) is 6.58. The van der Waals surface area contributed by atoms with Crippen LogP contribution < -0.4 is 11.2 Å². The summed E-state index contributed by atoms with van der Waals surface area (Å²) in [5.74, 6) is -1.51. The van der Waals surface area contributed by atoms with E-state index in [1.165, 1.54) is 5.57 Å². The van der Waals surface area contributed by atoms with Crippen LogP contribution in [0.15, 0.2) is 39.1 Å². The van der Waals surface area contributed by atoms with Crippen molar-refractivity contribution in [2.75, 3.05) is 13.2 Å². The maximum Gasteiger partial charge on any atom is 0.350 e. The van der Waals surface area contributed by atoms with E-state index in [0.29, 0.717) is 0 Å². The first-order valence-corrected chi connectivity index (χ1v) is 12.3. The predicted molar refractivity (Wildman–Crippen MR) is 130 cm³/mol. The summed E-state index contributed by atoms with van der Waals surface area (Å²) in [6.45, 7) is 9.47. The zero-order chi connectivity index (χ0) is 26.5. The molecule has 2 saturated heterocycles. The molecule has 0 saturated carbocycles. The maximum atomic E-state index is 13.2. The van der Waals surface area contributed by atoms with Crippen LogP contribution in [-0.2, 0) is 30.3 Å². The van der Waals surface area contributed by atoms with Crippen molar-refractivity contribution in [1.82, 2.24) is 14.3 Å². The smallest absolute Gasteiger partial charge is 0.350 e. The second-order valence-corrected chi connectivity index (χ2v) is 9.54. The molecule has 1 aromatic rings. The third-order valence-corrected chi connectivity index (χ3v) is 6.26. The maximum absolute atomic E-state index is 13.2. The van der Waals surface area contributed by atoms with E-state index in [0.717, 1.165) is 33.9 Å². The normalized spacial score (nSPS) is 27.7. The molecule has 2 fully saturated rings. The van der Waals surface area contributed by atoms with E-state index >= 15 is 0 Å². The molecule has 0 aliphatic carbocycles. The molecule has 2 aliphatic heterocycles. The predicted octanol–water partition coefficient (Wildman–Crippen LogP) is 1.83. The minimum Gasteiger partial charge on any atom is -0.466 e. The quantitative estimate of drug-likeness (QED) is 0.352. The topological polar surface area (TPSA) is 131 Å². The fraction of sp³-hybridized carbons (Fsp3) is 0.680. The van der Waals surface area contributed by atoms with Crippen LogP contribution in [0.4, 0.5) is 0 Å². The van der Waals surface area contributed by atoms with Gasteiger partial charge < -0.3 is 24.1 Å². The molecule has 0 spiro atoms. The number of carbonyl (C=O) groups is 1. The molecule has 0 bridgehead atoms. The number of aliphatic hydroxyl groups excluding tert-OH is 1. The van der Waals surface area contributed by atoms with Gasteiger partial charge in [-0.05, 0) is 47.5 Å². The standard InChI is InChI=1S/C25H37N3O8/c1-6-33-20(31)10-12-25(5)35-21-18(15-29)34-23(22(21)36-25)28-24(32)27(19(30)14-26-28)13-11-17(4)9-7-8-16(2)3/h8,11,14,18,21-23,29H,6-7,9-10,12-13,15H2,1-5H3/b17-11+/t18-,21?,22+,23-,25-/m1/s1. The molecule has 5 atom stereocenters. The minimum absolute atomic E-state index is 0.0848. The first kappa shape index (κ1) is 28.0. The average Bonchev–Trinajstić information content (AvgIpc) is 3.32. The van der Waals surface area contributed by atoms with E-state index in [1.54, 1.807) is 13.8 Å². The fourth-order valence-corrected chi connectivity index (χ4v) is 4.33. The van der Waals surface area contributed by atoms with Crippen LogP contribution in [0.25, 0.3) is 0 Å². The Balaban J connectivity index is 1.80. The van der Waals surface area contributed by atoms with Gasteiger partial charge in [0.15, 0.2) is 12.0 Å². The van der Waals surface area contributed by atoms with Gasteiger partial charge in [-0.1, -0.05) is 23.3 Å². The molecular formula is C25H37N3O8. The van der Waals surface area contributed by atoms with Gasteiger partial charge in [-0.2, -0.15) is 9.78 Å². The zero-order valence-corrected chi connectivity index (χ0v) is 21.6. The molecule has 3 rings (SSSR count). The summed E-state index contributed by atoms with van der Waals surface area (Å²) in [5, 5.41) is 13.9. The van der Waals surface area contributed by atoms with Crippen molar-refractivity contribution >= 4 is 5.97 Å². The van der Waals surface area contributed by atoms with Crippen molar-refractivity contribution < 1.29 is 28.8 Å². The summed E-state index contributed by atoms with van der Waals surface area (Å²) in [5.41, 5.74) is 1.12. The van der Waals surface area contributed by atoms with Gasteiger partial charge in [-0.3, -0.25) is 14.2 Å². The van der Waals surface area contributed by atoms with E-state index in [2.05, 4.69) is 11.2 Å². The number of hydrogen-bond acceptors (Lipinski definition) is 9. The van der Waals surface area contributed by atoms with Crippen molar-refractivity contribution in [2.24, 2.45) is 0 Å². The van der Waals surface area contributed by atoms with E-state index < -0.39 is 41.6 Å². The zero-order valence-electron chi connectivity index (χ0n) is 21.6. The Hall–Kier alpha value is -2.60. The van der Waals surface area contributed by atoms with Crippen LogP contribution in [0, 0.1) is 0 Å². The molecule has 1 aromatic heterocycles. The number of allylic oxidation sites excluding steroid dienone is 4. The summed E-state index contributed by atoms with van der Waals surface area (Å²) in [7, 11) is 0. The third-order valence-electron chi connectivity index (χ3n) is 6.26. The van der Waals surface area contributed by atoms with Gasteiger partial charge in [-0.25, -0.2) is 4.79 Å². The number of hydrogen-bond donors (Lipinski definition) is 1. The summed E-state index contributed by atoms with van der Waals surface area (Å²) in [4.78, 5) is 37.5. The highest BCUT2D eigenvalue weighted by Gasteiger charge is 2.57. The number of fused-ring (bicyclic) bond motifs is 1. The average molecular weight is 508 g/mol. The van der Waals surface area contributed by atoms with Crippen molar-refractivity contribution in [3.8, 4) is 0 Å². The van der Waals surface area contributed by atoms with E-state index in [-0.39, 0.29) is 38.6 Å². The largest absolute Gasteiger partial charge is 0.466 e. The van der Waals surface area contributed by atoms with E-state index in [4.69, 9.17) is 18.9 Å². The monoisotopic (exact) mass is 507 g/mol. The Morgan fingerprint density at radius 1 is 1.19 bits per heavy atom. The first-order valence-electron chi connectivity index (χ1n) is 12.3. The van der Waals surface area contributed by atoms with Gasteiger partial charge in [0.1, 0.15) is 24.5 Å². The fourth-order valence-electron chi connectivity index (χ4n) is 4.33. The van der Waals surface area contributed by atoms with Crippen LogP contribution in [0.2, 0.25) is 0 Å². The van der Waals surface area contributed by atoms with E-state index in [9.17, 15) is 19.5 Å². The molecule has 200 valence electrons. The molecule has 1 N–H and O–H groups in total. The SMILES string of the molecule is CCOC(=O)CC[C@]1(C)OC2[C@@H](CO)O[C@@H](n3ncc(=O)n(C/C=C(\C)CCC=C(C)C)c3=O)[C@H]2O1. The Labute approximate surface area is 210 Å². The molecule has 0 aromatic carbocycles. The van der Waals surface area contributed by atoms with Gasteiger partial charge >= 0.3 is 11.7 Å². The van der Waals surface area contributed by atoms with Gasteiger partial charge in [0, 0.05) is 13.0 Å². The summed E-state index contributed by atoms with van der Waals surface area (Å²) < 4.78 is 25.1. The van der Waals surface area contributed by atoms with Crippen LogP contribution in [-0.4, -0.2) is 62.7 Å². The minimum atomic E-state index is -1.14. The second kappa shape index (κ2) is 12.1. The Bertz CT molecular complexity index is 1100. The Morgan fingerprint density at radius 3 is 2.58 bits per heavy atom. The van der Waals surface area contributed by atoms with Crippen LogP contribution in [0.5, 0.6) is 0 Å². The molecule has 3 heterocycles. The lowest BCUT2D eigenvalue weighted by atomic mass is 10.1. The molecule has 36 heavy (non-hydrogen) atoms. The van der Waals surface area contributed by atoms with Crippen molar-refractivity contribution in [3.05, 3.63) is 50.3 Å². The van der Waals surface area contributed by atoms with Crippen LogP contribution in [0.3, 0.4) is 0 Å². The Kier molecular flexibility index (Phi) is 9.40. The van der Waals surface area contributed by atoms with Gasteiger partial charge in [-0.15, -0.1) is 0 Å². The summed E-state index contributed by atoms with van der Waals surface area (Å²) >= 11 is 0. The number of nitrogens with zero attached hydrogens (tertiary/aromatic N) is 3. The Morgan fingerprint density at radius 2 is 1.92 bits per heavy atom. The lowest BCUT2D eigenvalue weighted by molar-refractivity contribution is -0.216. The second-order valence-electron chi connectivity index (χ2n) is 9.54. The highest BCUT2D eigenvalue weighted by atomic mass is 16.8. The molecule has 0 amide bonds. The molecule has 11 nitrogen and oxygen atoms in total. The van der Waals surface area contributed by atoms with Crippen molar-refractivity contribution in [1.29, 1.82) is 0 Å². The number of ether oxygens (including phenoxy) is 4. The number of aliphatic hydroxyl groups is 1. The lowest BCUT2D eigenvalue weighted by Gasteiger charge is -2.27. The number of aromatic nitrogens is 3. The van der Waals surface area contributed by atoms with E-state index in [1.807, 2.05) is 26.8 Å². The highest BCUT2D eigenvalue weighted by molar-refractivity contribution is 5.69. The number of esters is 1. The summed E-state index contributed by atoms with van der Waals surface area (Å²) in [6, 6.07) is 0. The van der Waals surface area contributed by atoms with Crippen LogP contribution >= 0.6 is 0 Å². The summed E-state index contributed by atoms with van der Waals surface area (Å²) in [6.07, 6.45) is 3.83. The lowest BCUT2D eigenvalue weighted by Crippen LogP contribution is -2.44. The van der Waals surface area contributed by atoms with Crippen molar-refractivity contribution in [2.45, 2.75) is 97.2 Å². The molecule has 2 aliphatic rings. The molecule has 0 radical (unpaired) electrons. The van der Waals surface area contributed by atoms with Gasteiger partial charge in [0.25, 0.3) is 5.56 Å². The molecule has 1 unspecified atom stereocenters. The van der Waals surface area contributed by atoms with Gasteiger partial charge in [0.2, 0.25) is 0 Å². The number of rotatable bonds is 11. The molecule has 11 heteroatoms. The highest BCUT2D eigenvalue weighted by Crippen LogP contribution is 2.44.